The molecule has 2 N–H and O–H groups in total. The van der Waals surface area contributed by atoms with Crippen molar-refractivity contribution in [2.75, 3.05) is 0 Å². The van der Waals surface area contributed by atoms with Crippen LogP contribution < -0.4 is 5.14 Å². The summed E-state index contributed by atoms with van der Waals surface area (Å²) < 4.78 is 76.4. The molecule has 1 aromatic heterocycles. The molecule has 0 bridgehead atoms. The van der Waals surface area contributed by atoms with Gasteiger partial charge in [-0.2, -0.15) is 24.5 Å². The van der Waals surface area contributed by atoms with Crippen LogP contribution in [0.25, 0.3) is 22.3 Å². The van der Waals surface area contributed by atoms with Gasteiger partial charge in [-0.05, 0) is 52.6 Å². The summed E-state index contributed by atoms with van der Waals surface area (Å²) in [6.07, 6.45) is -4.49. The second-order valence-electron chi connectivity index (χ2n) is 5.92. The lowest BCUT2D eigenvalue weighted by atomic mass is 9.96. The quantitative estimate of drug-likeness (QED) is 0.598. The molecular weight excluding hydrogens is 402 g/mol. The molecule has 142 valence electrons. The van der Waals surface area contributed by atoms with Gasteiger partial charge < -0.3 is 0 Å². The van der Waals surface area contributed by atoms with Gasteiger partial charge >= 0.3 is 6.18 Å². The number of benzene rings is 2. The molecule has 0 radical (unpaired) electrons. The van der Waals surface area contributed by atoms with Crippen LogP contribution in [0.4, 0.5) is 17.6 Å². The van der Waals surface area contributed by atoms with E-state index in [9.17, 15) is 26.0 Å². The molecule has 0 spiro atoms. The Kier molecular flexibility index (Phi) is 4.87. The van der Waals surface area contributed by atoms with Crippen LogP contribution in [-0.4, -0.2) is 8.42 Å². The Morgan fingerprint density at radius 3 is 2.04 bits per heavy atom. The Hall–Kier alpha value is -2.23. The van der Waals surface area contributed by atoms with Gasteiger partial charge in [0.1, 0.15) is 10.7 Å². The van der Waals surface area contributed by atoms with Crippen molar-refractivity contribution >= 4 is 21.4 Å². The first-order valence-electron chi connectivity index (χ1n) is 7.55. The number of sulfonamides is 1. The van der Waals surface area contributed by atoms with Gasteiger partial charge in [0.15, 0.2) is 0 Å². The molecule has 0 aliphatic rings. The average Bonchev–Trinajstić information content (AvgIpc) is 3.02. The van der Waals surface area contributed by atoms with Crippen LogP contribution in [0.15, 0.2) is 52.1 Å². The molecule has 1 heterocycles. The lowest BCUT2D eigenvalue weighted by molar-refractivity contribution is -0.138. The van der Waals surface area contributed by atoms with E-state index in [0.29, 0.717) is 22.3 Å². The minimum Gasteiger partial charge on any atom is -0.225 e. The zero-order valence-corrected chi connectivity index (χ0v) is 15.5. The second-order valence-corrected chi connectivity index (χ2v) is 8.19. The Balaban J connectivity index is 2.12. The number of hydrogen-bond donors (Lipinski definition) is 1. The van der Waals surface area contributed by atoms with Crippen molar-refractivity contribution < 1.29 is 26.0 Å². The van der Waals surface area contributed by atoms with Crippen molar-refractivity contribution in [1.82, 2.24) is 0 Å². The fourth-order valence-electron chi connectivity index (χ4n) is 2.74. The number of rotatable bonds is 3. The van der Waals surface area contributed by atoms with Gasteiger partial charge in [-0.15, -0.1) is 0 Å². The molecule has 0 saturated heterocycles. The number of thiophene rings is 1. The minimum atomic E-state index is -4.49. The highest BCUT2D eigenvalue weighted by Crippen LogP contribution is 2.39. The molecule has 0 amide bonds. The molecular formula is C18H13F4NO2S2. The topological polar surface area (TPSA) is 60.2 Å². The van der Waals surface area contributed by atoms with Crippen molar-refractivity contribution in [3.8, 4) is 22.3 Å². The normalized spacial score (nSPS) is 12.4. The molecule has 3 rings (SSSR count). The maximum atomic E-state index is 14.1. The van der Waals surface area contributed by atoms with Crippen molar-refractivity contribution in [3.63, 3.8) is 0 Å². The summed E-state index contributed by atoms with van der Waals surface area (Å²) in [5, 5.41) is 8.27. The monoisotopic (exact) mass is 415 g/mol. The van der Waals surface area contributed by atoms with E-state index in [-0.39, 0.29) is 5.56 Å². The van der Waals surface area contributed by atoms with E-state index >= 15 is 0 Å². The summed E-state index contributed by atoms with van der Waals surface area (Å²) in [6, 6.07) is 7.40. The minimum absolute atomic E-state index is 0.103. The predicted octanol–water partition coefficient (Wildman–Crippen LogP) is 5.20. The summed E-state index contributed by atoms with van der Waals surface area (Å²) in [7, 11) is -4.21. The lowest BCUT2D eigenvalue weighted by Crippen LogP contribution is -2.13. The molecule has 0 aliphatic carbocycles. The van der Waals surface area contributed by atoms with Crippen molar-refractivity contribution in [3.05, 3.63) is 64.1 Å². The molecule has 9 heteroatoms. The van der Waals surface area contributed by atoms with Crippen molar-refractivity contribution in [2.24, 2.45) is 5.14 Å². The Morgan fingerprint density at radius 2 is 1.52 bits per heavy atom. The standard InChI is InChI=1S/C18H13F4NO2S2/c1-10-2-3-11(6-15(10)18(20,21)22)13-8-26-9-14(13)12-4-5-17(16(19)7-12)27(23,24)25/h2-9H,1H3,(H2,23,24,25). The largest absolute Gasteiger partial charge is 0.416 e. The van der Waals surface area contributed by atoms with Gasteiger partial charge in [0.2, 0.25) is 10.0 Å². The van der Waals surface area contributed by atoms with Gasteiger partial charge in [-0.1, -0.05) is 18.2 Å². The number of aryl methyl sites for hydroxylation is 1. The van der Waals surface area contributed by atoms with Gasteiger partial charge in [-0.25, -0.2) is 17.9 Å². The second kappa shape index (κ2) is 6.74. The summed E-state index contributed by atoms with van der Waals surface area (Å²) in [5.74, 6) is -1.02. The third kappa shape index (κ3) is 3.90. The summed E-state index contributed by atoms with van der Waals surface area (Å²) in [5.41, 5.74) is 1.02. The highest BCUT2D eigenvalue weighted by atomic mass is 32.2. The summed E-state index contributed by atoms with van der Waals surface area (Å²) in [6.45, 7) is 1.38. The Morgan fingerprint density at radius 1 is 0.963 bits per heavy atom. The Labute approximate surface area is 157 Å². The smallest absolute Gasteiger partial charge is 0.225 e. The van der Waals surface area contributed by atoms with Gasteiger partial charge in [0.25, 0.3) is 0 Å². The van der Waals surface area contributed by atoms with E-state index in [0.717, 1.165) is 18.2 Å². The zero-order valence-electron chi connectivity index (χ0n) is 13.8. The highest BCUT2D eigenvalue weighted by molar-refractivity contribution is 7.89. The molecule has 0 aliphatic heterocycles. The van der Waals surface area contributed by atoms with E-state index in [1.54, 1.807) is 16.8 Å². The predicted molar refractivity (Wildman–Crippen MR) is 96.3 cm³/mol. The average molecular weight is 415 g/mol. The highest BCUT2D eigenvalue weighted by Gasteiger charge is 2.32. The number of hydrogen-bond acceptors (Lipinski definition) is 3. The number of alkyl halides is 3. The van der Waals surface area contributed by atoms with E-state index in [1.165, 1.54) is 30.4 Å². The van der Waals surface area contributed by atoms with Crippen LogP contribution in [-0.2, 0) is 16.2 Å². The van der Waals surface area contributed by atoms with Crippen LogP contribution in [0.1, 0.15) is 11.1 Å². The van der Waals surface area contributed by atoms with Crippen LogP contribution in [0.3, 0.4) is 0 Å². The van der Waals surface area contributed by atoms with Crippen molar-refractivity contribution in [1.29, 1.82) is 0 Å². The molecule has 2 aromatic carbocycles. The number of halogens is 4. The Bertz CT molecular complexity index is 1120. The summed E-state index contributed by atoms with van der Waals surface area (Å²) >= 11 is 1.24. The maximum Gasteiger partial charge on any atom is 0.416 e. The van der Waals surface area contributed by atoms with Crippen LogP contribution in [0.2, 0.25) is 0 Å². The van der Waals surface area contributed by atoms with E-state index in [4.69, 9.17) is 5.14 Å². The molecule has 0 unspecified atom stereocenters. The van der Waals surface area contributed by atoms with Crippen molar-refractivity contribution in [2.45, 2.75) is 18.0 Å². The van der Waals surface area contributed by atoms with E-state index in [1.807, 2.05) is 0 Å². The first kappa shape index (κ1) is 19.5. The van der Waals surface area contributed by atoms with Gasteiger partial charge in [0.05, 0.1) is 5.56 Å². The molecule has 3 aromatic rings. The van der Waals surface area contributed by atoms with E-state index in [2.05, 4.69) is 0 Å². The van der Waals surface area contributed by atoms with Crippen LogP contribution in [0.5, 0.6) is 0 Å². The molecule has 0 atom stereocenters. The number of primary sulfonamides is 1. The molecule has 3 nitrogen and oxygen atoms in total. The first-order chi connectivity index (χ1) is 12.5. The molecule has 0 saturated carbocycles. The fraction of sp³-hybridized carbons (Fsp3) is 0.111. The lowest BCUT2D eigenvalue weighted by Gasteiger charge is -2.13. The first-order valence-corrected chi connectivity index (χ1v) is 10.0. The van der Waals surface area contributed by atoms with Gasteiger partial charge in [-0.3, -0.25) is 0 Å². The third-order valence-electron chi connectivity index (χ3n) is 4.07. The van der Waals surface area contributed by atoms with Gasteiger partial charge in [0, 0.05) is 11.1 Å². The third-order valence-corrected chi connectivity index (χ3v) is 5.75. The maximum absolute atomic E-state index is 14.1. The van der Waals surface area contributed by atoms with Crippen LogP contribution in [0, 0.1) is 12.7 Å². The number of nitrogens with two attached hydrogens (primary N) is 1. The molecule has 27 heavy (non-hydrogen) atoms. The van der Waals surface area contributed by atoms with Crippen LogP contribution >= 0.6 is 11.3 Å². The fourth-order valence-corrected chi connectivity index (χ4v) is 4.19. The SMILES string of the molecule is Cc1ccc(-c2cscc2-c2ccc(S(N)(=O)=O)c(F)c2)cc1C(F)(F)F. The summed E-state index contributed by atoms with van der Waals surface area (Å²) in [4.78, 5) is -0.641. The van der Waals surface area contributed by atoms with E-state index < -0.39 is 32.5 Å². The zero-order chi connectivity index (χ0) is 20.0. The molecule has 0 fully saturated rings.